The lowest BCUT2D eigenvalue weighted by atomic mass is 9.92. The zero-order valence-electron chi connectivity index (χ0n) is 31.8. The highest BCUT2D eigenvalue weighted by Gasteiger charge is 2.26. The molecule has 4 rings (SSSR count). The lowest BCUT2D eigenvalue weighted by molar-refractivity contribution is 0.425. The summed E-state index contributed by atoms with van der Waals surface area (Å²) in [4.78, 5) is 2.34. The Morgan fingerprint density at radius 1 is 0.942 bits per heavy atom. The smallest absolute Gasteiger partial charge is 0.0713 e. The van der Waals surface area contributed by atoms with Gasteiger partial charge >= 0.3 is 0 Å². The molecule has 5 nitrogen and oxygen atoms in total. The first kappa shape index (κ1) is 39.0. The van der Waals surface area contributed by atoms with Gasteiger partial charge in [-0.2, -0.15) is 0 Å². The van der Waals surface area contributed by atoms with Gasteiger partial charge in [0.05, 0.1) is 11.7 Å². The second-order valence-electron chi connectivity index (χ2n) is 13.2. The highest BCUT2D eigenvalue weighted by Crippen LogP contribution is 2.39. The summed E-state index contributed by atoms with van der Waals surface area (Å²) in [6.45, 7) is 23.7. The van der Waals surface area contributed by atoms with E-state index in [0.717, 1.165) is 56.2 Å². The van der Waals surface area contributed by atoms with Crippen LogP contribution in [-0.2, 0) is 0 Å². The molecule has 0 fully saturated rings. The molecule has 268 valence electrons. The maximum absolute atomic E-state index is 6.35. The number of hydrogen-bond acceptors (Lipinski definition) is 4. The SMILES string of the molecule is C=C/C(=C\c1c(C)c(C)c(-c2ccc(C3=CC=C(C)C(/C(C)=C/C=C\N)N3C)cc2C=C)n1-c1ccccc1)C/C=C\C(C)=C(/N)C(=C)/C=C\CN. The average molecular weight is 690 g/mol. The zero-order chi connectivity index (χ0) is 37.9. The molecule has 1 atom stereocenters. The number of aromatic nitrogens is 1. The van der Waals surface area contributed by atoms with Crippen LogP contribution in [0.3, 0.4) is 0 Å². The first-order valence-corrected chi connectivity index (χ1v) is 17.7. The molecule has 2 aromatic carbocycles. The van der Waals surface area contributed by atoms with Crippen molar-refractivity contribution < 1.29 is 0 Å². The molecule has 0 radical (unpaired) electrons. The van der Waals surface area contributed by atoms with Gasteiger partial charge in [-0.25, -0.2) is 0 Å². The molecule has 1 aliphatic heterocycles. The van der Waals surface area contributed by atoms with Crippen molar-refractivity contribution in [2.24, 2.45) is 17.2 Å². The van der Waals surface area contributed by atoms with E-state index in [4.69, 9.17) is 17.2 Å². The molecule has 6 N–H and O–H groups in total. The molecule has 0 bridgehead atoms. The zero-order valence-corrected chi connectivity index (χ0v) is 31.8. The van der Waals surface area contributed by atoms with Crippen molar-refractivity contribution in [3.8, 4) is 16.9 Å². The summed E-state index contributed by atoms with van der Waals surface area (Å²) >= 11 is 0. The topological polar surface area (TPSA) is 86.2 Å². The van der Waals surface area contributed by atoms with Crippen LogP contribution in [0, 0.1) is 13.8 Å². The normalized spacial score (nSPS) is 16.1. The number of benzene rings is 2. The molecule has 1 unspecified atom stereocenters. The van der Waals surface area contributed by atoms with Crippen LogP contribution < -0.4 is 17.2 Å². The standard InChI is InChI=1S/C47H55N5/c1-10-38(21-15-18-32(3)45(50)33(4)19-16-28-48)30-44-36(7)37(8)47(52(44)41-22-13-12-14-23-41)42-26-25-40(31-39(42)11-2)43-27-24-35(6)46(51(43)9)34(5)20-17-29-49/h10-20,22-27,29-31,46H,1-2,4,21,28,48-50H2,3,5-9H3/b18-15-,19-16-,29-17-,34-20+,38-30+,45-32-. The Bertz CT molecular complexity index is 2070. The van der Waals surface area contributed by atoms with Gasteiger partial charge < -0.3 is 26.7 Å². The fourth-order valence-electron chi connectivity index (χ4n) is 6.79. The van der Waals surface area contributed by atoms with E-state index in [9.17, 15) is 0 Å². The maximum atomic E-state index is 6.35. The van der Waals surface area contributed by atoms with Crippen molar-refractivity contribution in [3.05, 3.63) is 191 Å². The van der Waals surface area contributed by atoms with Crippen molar-refractivity contribution in [2.75, 3.05) is 13.6 Å². The summed E-state index contributed by atoms with van der Waals surface area (Å²) in [6, 6.07) is 17.4. The summed E-state index contributed by atoms with van der Waals surface area (Å²) in [6.07, 6.45) is 24.7. The predicted molar refractivity (Wildman–Crippen MR) is 227 cm³/mol. The van der Waals surface area contributed by atoms with Crippen molar-refractivity contribution in [1.82, 2.24) is 9.47 Å². The molecule has 1 aliphatic rings. The lowest BCUT2D eigenvalue weighted by Crippen LogP contribution is -2.34. The first-order chi connectivity index (χ1) is 25.0. The van der Waals surface area contributed by atoms with E-state index in [-0.39, 0.29) is 6.04 Å². The first-order valence-electron chi connectivity index (χ1n) is 17.7. The molecule has 1 aromatic heterocycles. The van der Waals surface area contributed by atoms with Gasteiger partial charge in [0.1, 0.15) is 0 Å². The molecular weight excluding hydrogens is 635 g/mol. The minimum atomic E-state index is 0.141. The third-order valence-electron chi connectivity index (χ3n) is 9.74. The highest BCUT2D eigenvalue weighted by atomic mass is 15.1. The number of rotatable bonds is 14. The van der Waals surface area contributed by atoms with E-state index in [1.165, 1.54) is 22.3 Å². The number of para-hydroxylation sites is 1. The third-order valence-corrected chi connectivity index (χ3v) is 9.74. The van der Waals surface area contributed by atoms with Crippen LogP contribution in [0.4, 0.5) is 0 Å². The van der Waals surface area contributed by atoms with Crippen LogP contribution in [0.5, 0.6) is 0 Å². The van der Waals surface area contributed by atoms with Crippen LogP contribution >= 0.6 is 0 Å². The number of nitrogens with zero attached hydrogens (tertiary/aromatic N) is 2. The van der Waals surface area contributed by atoms with Gasteiger partial charge in [-0.1, -0.05) is 98.7 Å². The Labute approximate surface area is 311 Å². The minimum absolute atomic E-state index is 0.141. The van der Waals surface area contributed by atoms with E-state index in [1.54, 1.807) is 6.20 Å². The monoisotopic (exact) mass is 689 g/mol. The van der Waals surface area contributed by atoms with E-state index >= 15 is 0 Å². The summed E-state index contributed by atoms with van der Waals surface area (Å²) < 4.78 is 2.37. The molecule has 2 heterocycles. The predicted octanol–water partition coefficient (Wildman–Crippen LogP) is 10.2. The number of nitrogens with two attached hydrogens (primary N) is 3. The van der Waals surface area contributed by atoms with Crippen LogP contribution in [-0.4, -0.2) is 29.1 Å². The maximum Gasteiger partial charge on any atom is 0.0713 e. The van der Waals surface area contributed by atoms with Crippen LogP contribution in [0.25, 0.3) is 34.8 Å². The number of allylic oxidation sites excluding steroid dienone is 10. The number of likely N-dealkylation sites (N-methyl/N-ethyl adjacent to an activating group) is 1. The molecule has 0 amide bonds. The molecule has 0 saturated heterocycles. The fourth-order valence-corrected chi connectivity index (χ4v) is 6.79. The van der Waals surface area contributed by atoms with Crippen molar-refractivity contribution in [2.45, 2.75) is 47.1 Å². The summed E-state index contributed by atoms with van der Waals surface area (Å²) in [5.74, 6) is 0. The van der Waals surface area contributed by atoms with Gasteiger partial charge in [-0.15, -0.1) is 0 Å². The third kappa shape index (κ3) is 8.56. The Morgan fingerprint density at radius 2 is 1.67 bits per heavy atom. The second kappa shape index (κ2) is 17.9. The summed E-state index contributed by atoms with van der Waals surface area (Å²) in [5.41, 5.74) is 33.8. The fraction of sp³-hybridized carbons (Fsp3) is 0.191. The number of hydrogen-bond donors (Lipinski definition) is 3. The average Bonchev–Trinajstić information content (AvgIpc) is 3.40. The lowest BCUT2D eigenvalue weighted by Gasteiger charge is -2.36. The van der Waals surface area contributed by atoms with E-state index in [0.29, 0.717) is 18.7 Å². The van der Waals surface area contributed by atoms with Gasteiger partial charge in [-0.05, 0) is 134 Å². The van der Waals surface area contributed by atoms with Gasteiger partial charge in [0.2, 0.25) is 0 Å². The molecule has 0 saturated carbocycles. The molecule has 52 heavy (non-hydrogen) atoms. The summed E-state index contributed by atoms with van der Waals surface area (Å²) in [7, 11) is 2.15. The Hall–Kier alpha value is -5.78. The van der Waals surface area contributed by atoms with E-state index < -0.39 is 0 Å². The van der Waals surface area contributed by atoms with Gasteiger partial charge in [0.15, 0.2) is 0 Å². The second-order valence-corrected chi connectivity index (χ2v) is 13.2. The molecule has 0 spiro atoms. The molecular formula is C47H55N5. The van der Waals surface area contributed by atoms with Crippen LogP contribution in [0.1, 0.15) is 55.1 Å². The molecule has 5 heteroatoms. The van der Waals surface area contributed by atoms with Crippen molar-refractivity contribution >= 4 is 17.8 Å². The van der Waals surface area contributed by atoms with Crippen molar-refractivity contribution in [3.63, 3.8) is 0 Å². The van der Waals surface area contributed by atoms with Crippen LogP contribution in [0.2, 0.25) is 0 Å². The van der Waals surface area contributed by atoms with E-state index in [2.05, 4.69) is 143 Å². The Morgan fingerprint density at radius 3 is 2.33 bits per heavy atom. The van der Waals surface area contributed by atoms with Gasteiger partial charge in [0, 0.05) is 41.9 Å². The van der Waals surface area contributed by atoms with E-state index in [1.807, 2.05) is 43.4 Å². The Balaban J connectivity index is 1.82. The highest BCUT2D eigenvalue weighted by molar-refractivity contribution is 5.83. The molecule has 0 aliphatic carbocycles. The largest absolute Gasteiger partial charge is 0.405 e. The van der Waals surface area contributed by atoms with Gasteiger partial charge in [0.25, 0.3) is 0 Å². The Kier molecular flexibility index (Phi) is 13.5. The molecule has 3 aromatic rings. The quantitative estimate of drug-likeness (QED) is 0.147. The minimum Gasteiger partial charge on any atom is -0.405 e. The van der Waals surface area contributed by atoms with Crippen molar-refractivity contribution in [1.29, 1.82) is 0 Å². The van der Waals surface area contributed by atoms with Crippen LogP contribution in [0.15, 0.2) is 163 Å². The summed E-state index contributed by atoms with van der Waals surface area (Å²) in [5, 5.41) is 0. The van der Waals surface area contributed by atoms with Gasteiger partial charge in [-0.3, -0.25) is 0 Å².